The van der Waals surface area contributed by atoms with Crippen molar-refractivity contribution in [3.05, 3.63) is 24.3 Å². The second-order valence-corrected chi connectivity index (χ2v) is 7.38. The van der Waals surface area contributed by atoms with E-state index in [0.29, 0.717) is 11.7 Å². The summed E-state index contributed by atoms with van der Waals surface area (Å²) in [4.78, 5) is 30.4. The van der Waals surface area contributed by atoms with Crippen molar-refractivity contribution in [3.8, 4) is 0 Å². The fourth-order valence-electron chi connectivity index (χ4n) is 2.38. The SMILES string of the molecule is CCCCCNC(=O)CC1SC(=Nc2ccc(N(C)C)cc2)NC1=O. The molecule has 0 aliphatic carbocycles. The molecule has 0 spiro atoms. The molecule has 1 fully saturated rings. The van der Waals surface area contributed by atoms with Crippen LogP contribution in [0.5, 0.6) is 0 Å². The summed E-state index contributed by atoms with van der Waals surface area (Å²) < 4.78 is 0. The topological polar surface area (TPSA) is 73.8 Å². The normalized spacial score (nSPS) is 18.3. The molecule has 1 aliphatic heterocycles. The maximum absolute atomic E-state index is 12.0. The number of aliphatic imine (C=N–C) groups is 1. The third-order valence-corrected chi connectivity index (χ3v) is 4.93. The molecule has 1 saturated heterocycles. The Hall–Kier alpha value is -2.02. The third-order valence-electron chi connectivity index (χ3n) is 3.85. The standard InChI is InChI=1S/C18H26N4O2S/c1-4-5-6-11-19-16(23)12-15-17(24)21-18(25-15)20-13-7-9-14(10-8-13)22(2)3/h7-10,15H,4-6,11-12H2,1-3H3,(H,19,23)(H,20,21,24). The van der Waals surface area contributed by atoms with Gasteiger partial charge in [0, 0.05) is 32.7 Å². The second-order valence-electron chi connectivity index (χ2n) is 6.18. The molecule has 1 aromatic carbocycles. The first-order valence-electron chi connectivity index (χ1n) is 8.60. The summed E-state index contributed by atoms with van der Waals surface area (Å²) in [6, 6.07) is 7.76. The zero-order valence-electron chi connectivity index (χ0n) is 15.0. The third kappa shape index (κ3) is 6.08. The van der Waals surface area contributed by atoms with Crippen LogP contribution in [0.15, 0.2) is 29.3 Å². The number of hydrogen-bond donors (Lipinski definition) is 2. The maximum Gasteiger partial charge on any atom is 0.240 e. The van der Waals surface area contributed by atoms with Gasteiger partial charge in [-0.1, -0.05) is 31.5 Å². The average Bonchev–Trinajstić information content (AvgIpc) is 2.91. The Morgan fingerprint density at radius 2 is 2.00 bits per heavy atom. The van der Waals surface area contributed by atoms with Gasteiger partial charge in [-0.3, -0.25) is 9.59 Å². The minimum atomic E-state index is -0.411. The van der Waals surface area contributed by atoms with Gasteiger partial charge >= 0.3 is 0 Å². The van der Waals surface area contributed by atoms with Crippen molar-refractivity contribution >= 4 is 40.1 Å². The molecule has 0 radical (unpaired) electrons. The molecular weight excluding hydrogens is 336 g/mol. The van der Waals surface area contributed by atoms with E-state index >= 15 is 0 Å². The van der Waals surface area contributed by atoms with Crippen LogP contribution in [0.4, 0.5) is 11.4 Å². The van der Waals surface area contributed by atoms with E-state index < -0.39 is 5.25 Å². The molecule has 6 nitrogen and oxygen atoms in total. The summed E-state index contributed by atoms with van der Waals surface area (Å²) in [6.07, 6.45) is 3.37. The number of amidine groups is 1. The predicted octanol–water partition coefficient (Wildman–Crippen LogP) is 2.67. The number of amides is 2. The number of unbranched alkanes of at least 4 members (excludes halogenated alkanes) is 2. The number of thioether (sulfide) groups is 1. The number of carbonyl (C=O) groups is 2. The van der Waals surface area contributed by atoms with E-state index in [9.17, 15) is 9.59 Å². The molecule has 0 aromatic heterocycles. The zero-order chi connectivity index (χ0) is 18.2. The lowest BCUT2D eigenvalue weighted by Crippen LogP contribution is -2.31. The van der Waals surface area contributed by atoms with Crippen molar-refractivity contribution in [1.29, 1.82) is 0 Å². The van der Waals surface area contributed by atoms with Crippen LogP contribution in [-0.2, 0) is 9.59 Å². The fraction of sp³-hybridized carbons (Fsp3) is 0.500. The van der Waals surface area contributed by atoms with Gasteiger partial charge in [0.05, 0.1) is 5.69 Å². The van der Waals surface area contributed by atoms with Gasteiger partial charge in [0.25, 0.3) is 0 Å². The Morgan fingerprint density at radius 1 is 1.28 bits per heavy atom. The molecule has 1 aromatic rings. The summed E-state index contributed by atoms with van der Waals surface area (Å²) in [5.41, 5.74) is 1.86. The molecule has 25 heavy (non-hydrogen) atoms. The van der Waals surface area contributed by atoms with Crippen LogP contribution >= 0.6 is 11.8 Å². The van der Waals surface area contributed by atoms with Gasteiger partial charge < -0.3 is 15.5 Å². The molecular formula is C18H26N4O2S. The highest BCUT2D eigenvalue weighted by Gasteiger charge is 2.31. The van der Waals surface area contributed by atoms with Gasteiger partial charge in [-0.2, -0.15) is 0 Å². The summed E-state index contributed by atoms with van der Waals surface area (Å²) in [7, 11) is 3.96. The number of nitrogens with zero attached hydrogens (tertiary/aromatic N) is 2. The van der Waals surface area contributed by atoms with E-state index in [1.54, 1.807) is 0 Å². The molecule has 1 heterocycles. The number of anilines is 1. The first-order valence-corrected chi connectivity index (χ1v) is 9.48. The van der Waals surface area contributed by atoms with Crippen LogP contribution in [0.1, 0.15) is 32.6 Å². The zero-order valence-corrected chi connectivity index (χ0v) is 15.9. The highest BCUT2D eigenvalue weighted by Crippen LogP contribution is 2.26. The monoisotopic (exact) mass is 362 g/mol. The minimum absolute atomic E-state index is 0.0830. The molecule has 1 aliphatic rings. The molecule has 2 N–H and O–H groups in total. The first kappa shape index (κ1) is 19.3. The highest BCUT2D eigenvalue weighted by molar-refractivity contribution is 8.15. The molecule has 7 heteroatoms. The lowest BCUT2D eigenvalue weighted by molar-refractivity contribution is -0.125. The van der Waals surface area contributed by atoms with E-state index in [2.05, 4.69) is 22.5 Å². The summed E-state index contributed by atoms with van der Waals surface area (Å²) >= 11 is 1.31. The Kier molecular flexibility index (Phi) is 7.31. The summed E-state index contributed by atoms with van der Waals surface area (Å²) in [6.45, 7) is 2.79. The van der Waals surface area contributed by atoms with Crippen molar-refractivity contribution in [3.63, 3.8) is 0 Å². The first-order chi connectivity index (χ1) is 12.0. The van der Waals surface area contributed by atoms with Gasteiger partial charge in [0.15, 0.2) is 5.17 Å². The van der Waals surface area contributed by atoms with Crippen LogP contribution < -0.4 is 15.5 Å². The lowest BCUT2D eigenvalue weighted by Gasteiger charge is -2.11. The van der Waals surface area contributed by atoms with Crippen LogP contribution in [0.25, 0.3) is 0 Å². The molecule has 2 rings (SSSR count). The molecule has 1 atom stereocenters. The smallest absolute Gasteiger partial charge is 0.240 e. The predicted molar refractivity (Wildman–Crippen MR) is 105 cm³/mol. The van der Waals surface area contributed by atoms with Gasteiger partial charge in [-0.15, -0.1) is 0 Å². The average molecular weight is 362 g/mol. The summed E-state index contributed by atoms with van der Waals surface area (Å²) in [5.74, 6) is -0.238. The Bertz CT molecular complexity index is 628. The van der Waals surface area contributed by atoms with Gasteiger partial charge in [0.2, 0.25) is 11.8 Å². The van der Waals surface area contributed by atoms with Crippen LogP contribution in [0.2, 0.25) is 0 Å². The van der Waals surface area contributed by atoms with Gasteiger partial charge in [0.1, 0.15) is 5.25 Å². The Balaban J connectivity index is 1.87. The quantitative estimate of drug-likeness (QED) is 0.697. The van der Waals surface area contributed by atoms with Crippen molar-refractivity contribution in [2.45, 2.75) is 37.9 Å². The number of carbonyl (C=O) groups excluding carboxylic acids is 2. The van der Waals surface area contributed by atoms with Crippen molar-refractivity contribution in [1.82, 2.24) is 10.6 Å². The highest BCUT2D eigenvalue weighted by atomic mass is 32.2. The number of hydrogen-bond acceptors (Lipinski definition) is 5. The van der Waals surface area contributed by atoms with Crippen molar-refractivity contribution < 1.29 is 9.59 Å². The van der Waals surface area contributed by atoms with Crippen LogP contribution in [0.3, 0.4) is 0 Å². The number of nitrogens with one attached hydrogen (secondary N) is 2. The van der Waals surface area contributed by atoms with E-state index in [0.717, 1.165) is 30.6 Å². The van der Waals surface area contributed by atoms with Crippen LogP contribution in [0, 0.1) is 0 Å². The second kappa shape index (κ2) is 9.46. The maximum atomic E-state index is 12.0. The van der Waals surface area contributed by atoms with Gasteiger partial charge in [-0.25, -0.2) is 4.99 Å². The van der Waals surface area contributed by atoms with E-state index in [1.807, 2.05) is 43.3 Å². The molecule has 1 unspecified atom stereocenters. The van der Waals surface area contributed by atoms with E-state index in [1.165, 1.54) is 11.8 Å². The van der Waals surface area contributed by atoms with E-state index in [-0.39, 0.29) is 18.2 Å². The molecule has 0 bridgehead atoms. The molecule has 136 valence electrons. The Labute approximate surface area is 153 Å². The van der Waals surface area contributed by atoms with E-state index in [4.69, 9.17) is 0 Å². The van der Waals surface area contributed by atoms with Crippen molar-refractivity contribution in [2.75, 3.05) is 25.5 Å². The number of benzene rings is 1. The Morgan fingerprint density at radius 3 is 2.64 bits per heavy atom. The number of rotatable bonds is 8. The summed E-state index contributed by atoms with van der Waals surface area (Å²) in [5, 5.41) is 5.76. The van der Waals surface area contributed by atoms with Crippen molar-refractivity contribution in [2.24, 2.45) is 4.99 Å². The molecule has 2 amide bonds. The fourth-order valence-corrected chi connectivity index (χ4v) is 3.37. The molecule has 0 saturated carbocycles. The largest absolute Gasteiger partial charge is 0.378 e. The van der Waals surface area contributed by atoms with Crippen LogP contribution in [-0.4, -0.2) is 42.9 Å². The van der Waals surface area contributed by atoms with Gasteiger partial charge in [-0.05, 0) is 30.7 Å². The lowest BCUT2D eigenvalue weighted by atomic mass is 10.2. The minimum Gasteiger partial charge on any atom is -0.378 e.